The molecule has 7 heteroatoms. The molecule has 6 nitrogen and oxygen atoms in total. The van der Waals surface area contributed by atoms with Gasteiger partial charge in [-0.15, -0.1) is 0 Å². The molecule has 0 amide bonds. The minimum atomic E-state index is -3.54. The van der Waals surface area contributed by atoms with Crippen LogP contribution in [-0.2, 0) is 10.0 Å². The van der Waals surface area contributed by atoms with Crippen LogP contribution >= 0.6 is 0 Å². The van der Waals surface area contributed by atoms with Crippen molar-refractivity contribution in [3.05, 3.63) is 24.4 Å². The molecular formula is C14H19N3O3S. The summed E-state index contributed by atoms with van der Waals surface area (Å²) in [6.45, 7) is 0.432. The number of benzene rings is 1. The second kappa shape index (κ2) is 5.01. The molecule has 114 valence electrons. The van der Waals surface area contributed by atoms with Crippen molar-refractivity contribution in [1.29, 1.82) is 0 Å². The molecule has 1 aromatic heterocycles. The first-order valence-corrected chi connectivity index (χ1v) is 8.33. The zero-order chi connectivity index (χ0) is 15.2. The first-order chi connectivity index (χ1) is 9.88. The molecule has 1 aliphatic rings. The largest absolute Gasteiger partial charge is 0.399 e. The molecule has 0 saturated heterocycles. The highest BCUT2D eigenvalue weighted by Gasteiger charge is 2.32. The predicted octanol–water partition coefficient (Wildman–Crippen LogP) is 1.14. The number of nitrogens with one attached hydrogen (secondary N) is 1. The summed E-state index contributed by atoms with van der Waals surface area (Å²) in [4.78, 5) is 3.22. The van der Waals surface area contributed by atoms with Crippen LogP contribution in [0.4, 0.5) is 5.69 Å². The van der Waals surface area contributed by atoms with Gasteiger partial charge in [0.05, 0.1) is 6.10 Å². The third-order valence-corrected chi connectivity index (χ3v) is 5.95. The summed E-state index contributed by atoms with van der Waals surface area (Å²) in [6, 6.07) is 5.13. The average Bonchev–Trinajstić information content (AvgIpc) is 2.80. The Bertz CT molecular complexity index is 763. The lowest BCUT2D eigenvalue weighted by atomic mass is 9.82. The Morgan fingerprint density at radius 1 is 1.43 bits per heavy atom. The highest BCUT2D eigenvalue weighted by molar-refractivity contribution is 7.89. The molecule has 3 rings (SSSR count). The molecule has 1 aromatic carbocycles. The van der Waals surface area contributed by atoms with Gasteiger partial charge in [0.25, 0.3) is 0 Å². The predicted molar refractivity (Wildman–Crippen MR) is 81.3 cm³/mol. The quantitative estimate of drug-likeness (QED) is 0.737. The van der Waals surface area contributed by atoms with Crippen molar-refractivity contribution in [3.63, 3.8) is 0 Å². The van der Waals surface area contributed by atoms with E-state index in [4.69, 9.17) is 5.73 Å². The number of fused-ring (bicyclic) bond motifs is 1. The van der Waals surface area contributed by atoms with Crippen LogP contribution in [0.5, 0.6) is 0 Å². The van der Waals surface area contributed by atoms with E-state index in [9.17, 15) is 13.5 Å². The molecule has 2 aromatic rings. The van der Waals surface area contributed by atoms with Crippen LogP contribution < -0.4 is 5.73 Å². The lowest BCUT2D eigenvalue weighted by Gasteiger charge is -2.33. The van der Waals surface area contributed by atoms with Gasteiger partial charge in [-0.25, -0.2) is 12.7 Å². The number of sulfonamides is 1. The number of nitrogen functional groups attached to an aromatic ring is 1. The first kappa shape index (κ1) is 14.4. The van der Waals surface area contributed by atoms with E-state index in [1.807, 2.05) is 0 Å². The zero-order valence-electron chi connectivity index (χ0n) is 11.8. The molecule has 0 bridgehead atoms. The van der Waals surface area contributed by atoms with Gasteiger partial charge in [-0.05, 0) is 37.0 Å². The Hall–Kier alpha value is -1.57. The maximum absolute atomic E-state index is 12.7. The highest BCUT2D eigenvalue weighted by atomic mass is 32.2. The monoisotopic (exact) mass is 309 g/mol. The smallest absolute Gasteiger partial charge is 0.244 e. The molecule has 0 aliphatic heterocycles. The number of aliphatic hydroxyl groups is 1. The van der Waals surface area contributed by atoms with Crippen molar-refractivity contribution in [2.24, 2.45) is 5.92 Å². The fourth-order valence-electron chi connectivity index (χ4n) is 2.81. The molecule has 1 heterocycles. The summed E-state index contributed by atoms with van der Waals surface area (Å²) < 4.78 is 26.7. The number of aliphatic hydroxyl groups excluding tert-OH is 1. The molecule has 1 fully saturated rings. The number of aromatic nitrogens is 1. The van der Waals surface area contributed by atoms with Gasteiger partial charge in [0.2, 0.25) is 10.0 Å². The number of aromatic amines is 1. The molecule has 1 saturated carbocycles. The van der Waals surface area contributed by atoms with Gasteiger partial charge in [0, 0.05) is 36.4 Å². The molecule has 4 N–H and O–H groups in total. The van der Waals surface area contributed by atoms with Gasteiger partial charge in [0.15, 0.2) is 0 Å². The lowest BCUT2D eigenvalue weighted by molar-refractivity contribution is 0.0367. The summed E-state index contributed by atoms with van der Waals surface area (Å²) in [5.74, 6) is 0.237. The van der Waals surface area contributed by atoms with Crippen molar-refractivity contribution in [2.75, 3.05) is 19.3 Å². The van der Waals surface area contributed by atoms with Crippen molar-refractivity contribution in [2.45, 2.75) is 23.8 Å². The normalized spacial score (nSPS) is 22.6. The van der Waals surface area contributed by atoms with Crippen LogP contribution in [0.1, 0.15) is 12.8 Å². The Morgan fingerprint density at radius 3 is 2.81 bits per heavy atom. The third kappa shape index (κ3) is 2.52. The number of H-pyrrole nitrogens is 1. The Balaban J connectivity index is 1.89. The highest BCUT2D eigenvalue weighted by Crippen LogP contribution is 2.31. The minimum Gasteiger partial charge on any atom is -0.399 e. The van der Waals surface area contributed by atoms with E-state index in [-0.39, 0.29) is 16.9 Å². The van der Waals surface area contributed by atoms with E-state index in [1.54, 1.807) is 25.2 Å². The summed E-state index contributed by atoms with van der Waals surface area (Å²) >= 11 is 0. The maximum Gasteiger partial charge on any atom is 0.244 e. The number of nitrogens with zero attached hydrogens (tertiary/aromatic N) is 1. The van der Waals surface area contributed by atoms with E-state index >= 15 is 0 Å². The lowest BCUT2D eigenvalue weighted by Crippen LogP contribution is -2.39. The van der Waals surface area contributed by atoms with Crippen molar-refractivity contribution in [1.82, 2.24) is 9.29 Å². The third-order valence-electron chi connectivity index (χ3n) is 4.08. The molecule has 0 atom stereocenters. The van der Waals surface area contributed by atoms with Gasteiger partial charge in [0.1, 0.15) is 4.90 Å². The summed E-state index contributed by atoms with van der Waals surface area (Å²) in [5, 5.41) is 9.94. The van der Waals surface area contributed by atoms with E-state index in [1.165, 1.54) is 10.5 Å². The Labute approximate surface area is 123 Å². The van der Waals surface area contributed by atoms with Crippen LogP contribution in [-0.4, -0.2) is 42.5 Å². The fraction of sp³-hybridized carbons (Fsp3) is 0.429. The molecule has 0 radical (unpaired) electrons. The molecule has 21 heavy (non-hydrogen) atoms. The average molecular weight is 309 g/mol. The summed E-state index contributed by atoms with van der Waals surface area (Å²) in [5.41, 5.74) is 7.00. The molecule has 1 aliphatic carbocycles. The first-order valence-electron chi connectivity index (χ1n) is 6.89. The van der Waals surface area contributed by atoms with Gasteiger partial charge in [-0.3, -0.25) is 0 Å². The number of rotatable bonds is 4. The number of hydrogen-bond donors (Lipinski definition) is 3. The van der Waals surface area contributed by atoms with E-state index < -0.39 is 10.0 Å². The summed E-state index contributed by atoms with van der Waals surface area (Å²) in [7, 11) is -1.96. The molecule has 0 unspecified atom stereocenters. The second-order valence-corrected chi connectivity index (χ2v) is 7.75. The topological polar surface area (TPSA) is 99.4 Å². The van der Waals surface area contributed by atoms with E-state index in [0.29, 0.717) is 36.0 Å². The van der Waals surface area contributed by atoms with Gasteiger partial charge in [-0.2, -0.15) is 0 Å². The molecule has 0 spiro atoms. The maximum atomic E-state index is 12.7. The van der Waals surface area contributed by atoms with E-state index in [2.05, 4.69) is 4.98 Å². The Morgan fingerprint density at radius 2 is 2.14 bits per heavy atom. The number of nitrogens with two attached hydrogens (primary N) is 1. The van der Waals surface area contributed by atoms with Crippen LogP contribution in [0.2, 0.25) is 0 Å². The van der Waals surface area contributed by atoms with Crippen molar-refractivity contribution >= 4 is 26.6 Å². The zero-order valence-corrected chi connectivity index (χ0v) is 12.6. The van der Waals surface area contributed by atoms with Crippen LogP contribution in [0, 0.1) is 5.92 Å². The Kier molecular flexibility index (Phi) is 3.43. The van der Waals surface area contributed by atoms with Crippen LogP contribution in [0.15, 0.2) is 29.3 Å². The molecular weight excluding hydrogens is 290 g/mol. The minimum absolute atomic E-state index is 0.237. The van der Waals surface area contributed by atoms with Crippen molar-refractivity contribution in [3.8, 4) is 0 Å². The second-order valence-electron chi connectivity index (χ2n) is 5.73. The van der Waals surface area contributed by atoms with Crippen LogP contribution in [0.3, 0.4) is 0 Å². The number of anilines is 1. The SMILES string of the molecule is CN(CC1CC(O)C1)S(=O)(=O)c1c[nH]c2cc(N)ccc12. The van der Waals surface area contributed by atoms with E-state index in [0.717, 1.165) is 0 Å². The van der Waals surface area contributed by atoms with Gasteiger partial charge in [-0.1, -0.05) is 0 Å². The fourth-order valence-corrected chi connectivity index (χ4v) is 4.22. The van der Waals surface area contributed by atoms with Crippen molar-refractivity contribution < 1.29 is 13.5 Å². The standard InChI is InChI=1S/C14H19N3O3S/c1-17(8-9-4-11(18)5-9)21(19,20)14-7-16-13-6-10(15)2-3-12(13)14/h2-3,6-7,9,11,16,18H,4-5,8,15H2,1H3. The number of hydrogen-bond acceptors (Lipinski definition) is 4. The summed E-state index contributed by atoms with van der Waals surface area (Å²) in [6.07, 6.45) is 2.57. The van der Waals surface area contributed by atoms with Crippen LogP contribution in [0.25, 0.3) is 10.9 Å². The van der Waals surface area contributed by atoms with Gasteiger partial charge >= 0.3 is 0 Å². The van der Waals surface area contributed by atoms with Gasteiger partial charge < -0.3 is 15.8 Å².